The van der Waals surface area contributed by atoms with Crippen molar-refractivity contribution in [3.8, 4) is 5.75 Å². The average Bonchev–Trinajstić information content (AvgIpc) is 3.51. The maximum atomic E-state index is 13.2. The quantitative estimate of drug-likeness (QED) is 0.0713. The van der Waals surface area contributed by atoms with Crippen molar-refractivity contribution in [2.24, 2.45) is 0 Å². The molecule has 1 unspecified atom stereocenters. The third-order valence-corrected chi connectivity index (χ3v) is 11.2. The molecule has 1 fully saturated rings. The zero-order valence-electron chi connectivity index (χ0n) is 30.9. The van der Waals surface area contributed by atoms with E-state index in [0.717, 1.165) is 16.7 Å². The molecule has 1 aliphatic rings. The Morgan fingerprint density at radius 2 is 1.44 bits per heavy atom. The van der Waals surface area contributed by atoms with Crippen molar-refractivity contribution in [2.75, 3.05) is 21.3 Å². The van der Waals surface area contributed by atoms with Crippen LogP contribution in [0.2, 0.25) is 0 Å². The Balaban J connectivity index is 1.72. The highest BCUT2D eigenvalue weighted by Gasteiger charge is 2.54. The number of methoxy groups -OCH3 is 2. The fourth-order valence-corrected chi connectivity index (χ4v) is 8.56. The monoisotopic (exact) mass is 731 g/mol. The Labute approximate surface area is 307 Å². The molecular formula is C40H50N3O8P. The number of ether oxygens (including phenoxy) is 4. The maximum Gasteiger partial charge on any atom is 0.330 e. The van der Waals surface area contributed by atoms with E-state index < -0.39 is 56.0 Å². The van der Waals surface area contributed by atoms with Crippen LogP contribution in [0.1, 0.15) is 57.0 Å². The zero-order valence-corrected chi connectivity index (χ0v) is 31.8. The minimum Gasteiger partial charge on any atom is -0.497 e. The number of H-pyrrole nitrogens is 1. The summed E-state index contributed by atoms with van der Waals surface area (Å²) in [5.74, 6) is 0.707. The van der Waals surface area contributed by atoms with Crippen LogP contribution in [-0.4, -0.2) is 72.1 Å². The average molecular weight is 732 g/mol. The number of nitrogens with one attached hydrogen (secondary N) is 1. The first kappa shape index (κ1) is 39.3. The Kier molecular flexibility index (Phi) is 13.4. The number of hydrogen-bond donors (Lipinski definition) is 1. The van der Waals surface area contributed by atoms with Gasteiger partial charge in [0.1, 0.15) is 29.7 Å². The number of aromatic amines is 1. The molecule has 0 aliphatic carbocycles. The summed E-state index contributed by atoms with van der Waals surface area (Å²) in [6, 6.07) is 29.3. The van der Waals surface area contributed by atoms with Crippen LogP contribution >= 0.6 is 8.53 Å². The van der Waals surface area contributed by atoms with Gasteiger partial charge < -0.3 is 28.0 Å². The minimum atomic E-state index is -1.64. The van der Waals surface area contributed by atoms with Crippen molar-refractivity contribution in [3.63, 3.8) is 0 Å². The summed E-state index contributed by atoms with van der Waals surface area (Å²) in [6.45, 7) is 12.5. The summed E-state index contributed by atoms with van der Waals surface area (Å²) < 4.78 is 42.6. The second-order valence-electron chi connectivity index (χ2n) is 13.1. The van der Waals surface area contributed by atoms with Gasteiger partial charge in [-0.05, 0) is 62.9 Å². The summed E-state index contributed by atoms with van der Waals surface area (Å²) in [4.78, 5) is 27.7. The highest BCUT2D eigenvalue weighted by atomic mass is 31.2. The summed E-state index contributed by atoms with van der Waals surface area (Å²) in [6.07, 6.45) is -0.596. The van der Waals surface area contributed by atoms with Crippen molar-refractivity contribution in [2.45, 2.75) is 82.4 Å². The van der Waals surface area contributed by atoms with Gasteiger partial charge in [-0.15, -0.1) is 6.58 Å². The van der Waals surface area contributed by atoms with Crippen molar-refractivity contribution in [1.82, 2.24) is 14.2 Å². The minimum absolute atomic E-state index is 0.0875. The summed E-state index contributed by atoms with van der Waals surface area (Å²) in [7, 11) is 3.16. The van der Waals surface area contributed by atoms with E-state index in [0.29, 0.717) is 12.2 Å². The van der Waals surface area contributed by atoms with Crippen LogP contribution in [0.15, 0.2) is 119 Å². The molecule has 12 heteroatoms. The molecule has 0 bridgehead atoms. The topological polar surface area (TPSA) is 113 Å². The fourth-order valence-electron chi connectivity index (χ4n) is 6.97. The second kappa shape index (κ2) is 17.7. The SMILES string of the molecule is C=CC[C@H](OC(c1ccccc1)(c1ccccc1)c1ccc(OC)cc1)[C@H]1O[C@@H](n2ccc(=O)[nH]c2=O)[C@H](OC)[C@@H]1OP(OC)N(C(C)C)C(C)C. The van der Waals surface area contributed by atoms with Gasteiger partial charge in [-0.1, -0.05) is 78.9 Å². The Morgan fingerprint density at radius 1 is 0.865 bits per heavy atom. The van der Waals surface area contributed by atoms with E-state index in [-0.39, 0.29) is 12.1 Å². The van der Waals surface area contributed by atoms with E-state index >= 15 is 0 Å². The molecule has 3 aromatic carbocycles. The van der Waals surface area contributed by atoms with E-state index in [1.807, 2.05) is 84.9 Å². The molecule has 1 aromatic heterocycles. The first-order valence-corrected chi connectivity index (χ1v) is 18.6. The van der Waals surface area contributed by atoms with Crippen molar-refractivity contribution in [3.05, 3.63) is 147 Å². The van der Waals surface area contributed by atoms with Crippen LogP contribution in [0.4, 0.5) is 0 Å². The predicted octanol–water partition coefficient (Wildman–Crippen LogP) is 6.79. The Bertz CT molecular complexity index is 1790. The van der Waals surface area contributed by atoms with Crippen LogP contribution < -0.4 is 16.0 Å². The number of benzene rings is 3. The third kappa shape index (κ3) is 8.16. The van der Waals surface area contributed by atoms with E-state index in [9.17, 15) is 9.59 Å². The molecular weight excluding hydrogens is 681 g/mol. The predicted molar refractivity (Wildman–Crippen MR) is 202 cm³/mol. The lowest BCUT2D eigenvalue weighted by Crippen LogP contribution is -2.47. The van der Waals surface area contributed by atoms with Gasteiger partial charge in [0.25, 0.3) is 14.1 Å². The molecule has 1 aliphatic heterocycles. The number of aromatic nitrogens is 2. The first-order chi connectivity index (χ1) is 25.1. The Morgan fingerprint density at radius 3 is 1.92 bits per heavy atom. The van der Waals surface area contributed by atoms with Gasteiger partial charge in [0.05, 0.1) is 13.2 Å². The smallest absolute Gasteiger partial charge is 0.330 e. The molecule has 0 radical (unpaired) electrons. The van der Waals surface area contributed by atoms with Gasteiger partial charge in [0, 0.05) is 38.6 Å². The highest BCUT2D eigenvalue weighted by molar-refractivity contribution is 7.44. The van der Waals surface area contributed by atoms with Gasteiger partial charge in [-0.3, -0.25) is 14.3 Å². The van der Waals surface area contributed by atoms with Crippen molar-refractivity contribution >= 4 is 8.53 Å². The van der Waals surface area contributed by atoms with Crippen LogP contribution in [0, 0.1) is 0 Å². The molecule has 0 saturated carbocycles. The van der Waals surface area contributed by atoms with Gasteiger partial charge in [-0.25, -0.2) is 9.46 Å². The lowest BCUT2D eigenvalue weighted by Gasteiger charge is -2.42. The molecule has 278 valence electrons. The molecule has 1 N–H and O–H groups in total. The van der Waals surface area contributed by atoms with Crippen LogP contribution in [0.3, 0.4) is 0 Å². The molecule has 52 heavy (non-hydrogen) atoms. The lowest BCUT2D eigenvalue weighted by molar-refractivity contribution is -0.141. The molecule has 1 saturated heterocycles. The number of hydrogen-bond acceptors (Lipinski definition) is 9. The summed E-state index contributed by atoms with van der Waals surface area (Å²) in [5, 5.41) is 0. The van der Waals surface area contributed by atoms with Crippen molar-refractivity contribution in [1.29, 1.82) is 0 Å². The highest BCUT2D eigenvalue weighted by Crippen LogP contribution is 2.51. The largest absolute Gasteiger partial charge is 0.497 e. The molecule has 11 nitrogen and oxygen atoms in total. The van der Waals surface area contributed by atoms with Gasteiger partial charge >= 0.3 is 5.69 Å². The van der Waals surface area contributed by atoms with Crippen molar-refractivity contribution < 1.29 is 28.0 Å². The van der Waals surface area contributed by atoms with Gasteiger partial charge in [-0.2, -0.15) is 0 Å². The maximum absolute atomic E-state index is 13.2. The van der Waals surface area contributed by atoms with Gasteiger partial charge in [0.15, 0.2) is 6.23 Å². The summed E-state index contributed by atoms with van der Waals surface area (Å²) >= 11 is 0. The second-order valence-corrected chi connectivity index (χ2v) is 14.6. The molecule has 5 rings (SSSR count). The van der Waals surface area contributed by atoms with Crippen LogP contribution in [0.25, 0.3) is 0 Å². The fraction of sp³-hybridized carbons (Fsp3) is 0.400. The third-order valence-electron chi connectivity index (χ3n) is 9.19. The molecule has 4 aromatic rings. The zero-order chi connectivity index (χ0) is 37.4. The van der Waals surface area contributed by atoms with E-state index in [4.69, 9.17) is 28.0 Å². The van der Waals surface area contributed by atoms with E-state index in [1.54, 1.807) is 27.4 Å². The van der Waals surface area contributed by atoms with Crippen LogP contribution in [0.5, 0.6) is 5.75 Å². The molecule has 6 atom stereocenters. The van der Waals surface area contributed by atoms with E-state index in [2.05, 4.69) is 43.9 Å². The molecule has 0 amide bonds. The Hall–Kier alpha value is -3.93. The van der Waals surface area contributed by atoms with Crippen LogP contribution in [-0.2, 0) is 28.9 Å². The lowest BCUT2D eigenvalue weighted by atomic mass is 9.79. The standard InChI is InChI=1S/C40H50N3O8P/c1-9-16-33(50-40(29-17-12-10-13-18-29,30-19-14-11-15-20-30)31-21-23-32(46-6)24-22-31)35-36(51-52(48-8)43(27(2)3)28(4)5)37(47-7)38(49-35)42-26-25-34(44)41-39(42)45/h9-15,17-28,33,35-38H,1,16H2,2-8H3,(H,41,44,45)/t33-,35+,36+,37+,38+,52?/m0/s1. The molecule has 0 spiro atoms. The molecule has 2 heterocycles. The van der Waals surface area contributed by atoms with E-state index in [1.165, 1.54) is 16.8 Å². The van der Waals surface area contributed by atoms with Gasteiger partial charge in [0.2, 0.25) is 0 Å². The normalized spacial score (nSPS) is 20.3. The first-order valence-electron chi connectivity index (χ1n) is 17.4. The number of nitrogens with zero attached hydrogens (tertiary/aromatic N) is 2. The summed E-state index contributed by atoms with van der Waals surface area (Å²) in [5.41, 5.74) is 0.320. The number of rotatable bonds is 17.